The molecular formula is C13H19FN2. The van der Waals surface area contributed by atoms with Crippen molar-refractivity contribution in [1.82, 2.24) is 4.90 Å². The third-order valence-electron chi connectivity index (χ3n) is 3.33. The van der Waals surface area contributed by atoms with Gasteiger partial charge < -0.3 is 10.6 Å². The predicted molar refractivity (Wildman–Crippen MR) is 63.5 cm³/mol. The molecule has 88 valence electrons. The van der Waals surface area contributed by atoms with E-state index in [4.69, 9.17) is 5.73 Å². The molecule has 0 aromatic heterocycles. The van der Waals surface area contributed by atoms with E-state index < -0.39 is 0 Å². The molecule has 16 heavy (non-hydrogen) atoms. The summed E-state index contributed by atoms with van der Waals surface area (Å²) in [5.41, 5.74) is 6.88. The molecule has 0 bridgehead atoms. The van der Waals surface area contributed by atoms with Gasteiger partial charge in [0.2, 0.25) is 0 Å². The fourth-order valence-electron chi connectivity index (χ4n) is 2.30. The summed E-state index contributed by atoms with van der Waals surface area (Å²) in [6.07, 6.45) is 3.41. The van der Waals surface area contributed by atoms with Crippen LogP contribution in [0.3, 0.4) is 0 Å². The molecule has 1 aliphatic carbocycles. The highest BCUT2D eigenvalue weighted by atomic mass is 19.1. The Labute approximate surface area is 96.2 Å². The Morgan fingerprint density at radius 2 is 2.06 bits per heavy atom. The van der Waals surface area contributed by atoms with Crippen molar-refractivity contribution in [1.29, 1.82) is 0 Å². The molecule has 1 aliphatic rings. The van der Waals surface area contributed by atoms with E-state index >= 15 is 0 Å². The molecule has 1 saturated carbocycles. The molecule has 2 nitrogen and oxygen atoms in total. The van der Waals surface area contributed by atoms with Gasteiger partial charge in [-0.1, -0.05) is 18.2 Å². The van der Waals surface area contributed by atoms with E-state index in [9.17, 15) is 4.39 Å². The standard InChI is InChI=1S/C13H19FN2/c1-16(10-13(15)7-4-8-13)9-11-5-2-3-6-12(11)14/h2-3,5-6H,4,7-10,15H2,1H3. The van der Waals surface area contributed by atoms with Crippen molar-refractivity contribution in [3.63, 3.8) is 0 Å². The molecule has 0 unspecified atom stereocenters. The SMILES string of the molecule is CN(Cc1ccccc1F)CC1(N)CCC1. The number of likely N-dealkylation sites (N-methyl/N-ethyl adjacent to an activating group) is 1. The summed E-state index contributed by atoms with van der Waals surface area (Å²) in [7, 11) is 2.00. The number of hydrogen-bond acceptors (Lipinski definition) is 2. The summed E-state index contributed by atoms with van der Waals surface area (Å²) in [6.45, 7) is 1.48. The molecule has 0 heterocycles. The molecular weight excluding hydrogens is 203 g/mol. The van der Waals surface area contributed by atoms with E-state index in [0.29, 0.717) is 6.54 Å². The second kappa shape index (κ2) is 4.52. The fraction of sp³-hybridized carbons (Fsp3) is 0.538. The average molecular weight is 222 g/mol. The third-order valence-corrected chi connectivity index (χ3v) is 3.33. The second-order valence-corrected chi connectivity index (χ2v) is 4.98. The van der Waals surface area contributed by atoms with Gasteiger partial charge in [-0.3, -0.25) is 0 Å². The quantitative estimate of drug-likeness (QED) is 0.845. The molecule has 0 atom stereocenters. The van der Waals surface area contributed by atoms with Crippen LogP contribution in [0, 0.1) is 5.82 Å². The van der Waals surface area contributed by atoms with Crippen LogP contribution >= 0.6 is 0 Å². The number of halogens is 1. The summed E-state index contributed by atoms with van der Waals surface area (Å²) in [4.78, 5) is 2.11. The van der Waals surface area contributed by atoms with E-state index in [1.165, 1.54) is 12.5 Å². The minimum absolute atomic E-state index is 0.0278. The van der Waals surface area contributed by atoms with Crippen molar-refractivity contribution in [3.05, 3.63) is 35.6 Å². The summed E-state index contributed by atoms with van der Waals surface area (Å²) < 4.78 is 13.4. The first-order valence-electron chi connectivity index (χ1n) is 5.80. The average Bonchev–Trinajstić information content (AvgIpc) is 2.19. The lowest BCUT2D eigenvalue weighted by molar-refractivity contribution is 0.160. The molecule has 0 saturated heterocycles. The Bertz CT molecular complexity index is 361. The van der Waals surface area contributed by atoms with Gasteiger partial charge >= 0.3 is 0 Å². The van der Waals surface area contributed by atoms with E-state index in [-0.39, 0.29) is 11.4 Å². The minimum atomic E-state index is -0.131. The van der Waals surface area contributed by atoms with Crippen LogP contribution in [0.2, 0.25) is 0 Å². The Kier molecular flexibility index (Phi) is 3.26. The van der Waals surface area contributed by atoms with Crippen molar-refractivity contribution >= 4 is 0 Å². The maximum atomic E-state index is 13.4. The molecule has 3 heteroatoms. The van der Waals surface area contributed by atoms with E-state index in [0.717, 1.165) is 24.9 Å². The zero-order chi connectivity index (χ0) is 11.6. The van der Waals surface area contributed by atoms with Crippen LogP contribution < -0.4 is 5.73 Å². The number of nitrogens with two attached hydrogens (primary N) is 1. The van der Waals surface area contributed by atoms with Gasteiger partial charge in [0.1, 0.15) is 5.82 Å². The fourth-order valence-corrected chi connectivity index (χ4v) is 2.30. The van der Waals surface area contributed by atoms with Gasteiger partial charge in [0.15, 0.2) is 0 Å². The first-order valence-corrected chi connectivity index (χ1v) is 5.80. The molecule has 1 fully saturated rings. The van der Waals surface area contributed by atoms with Gasteiger partial charge in [-0.25, -0.2) is 4.39 Å². The zero-order valence-electron chi connectivity index (χ0n) is 9.75. The lowest BCUT2D eigenvalue weighted by Gasteiger charge is -2.41. The number of nitrogens with zero attached hydrogens (tertiary/aromatic N) is 1. The summed E-state index contributed by atoms with van der Waals surface area (Å²) >= 11 is 0. The van der Waals surface area contributed by atoms with E-state index in [1.807, 2.05) is 19.2 Å². The number of hydrogen-bond donors (Lipinski definition) is 1. The Morgan fingerprint density at radius 3 is 2.62 bits per heavy atom. The van der Waals surface area contributed by atoms with Crippen LogP contribution in [-0.4, -0.2) is 24.0 Å². The van der Waals surface area contributed by atoms with Crippen molar-refractivity contribution in [2.45, 2.75) is 31.3 Å². The van der Waals surface area contributed by atoms with Crippen LogP contribution in [0.5, 0.6) is 0 Å². The van der Waals surface area contributed by atoms with Crippen molar-refractivity contribution in [3.8, 4) is 0 Å². The summed E-state index contributed by atoms with van der Waals surface area (Å²) in [6, 6.07) is 6.92. The van der Waals surface area contributed by atoms with Gasteiger partial charge in [0, 0.05) is 24.2 Å². The van der Waals surface area contributed by atoms with Gasteiger partial charge in [-0.05, 0) is 32.4 Å². The largest absolute Gasteiger partial charge is 0.324 e. The van der Waals surface area contributed by atoms with Crippen molar-refractivity contribution < 1.29 is 4.39 Å². The van der Waals surface area contributed by atoms with Crippen LogP contribution in [0.25, 0.3) is 0 Å². The maximum absolute atomic E-state index is 13.4. The molecule has 0 aliphatic heterocycles. The van der Waals surface area contributed by atoms with Crippen LogP contribution in [0.1, 0.15) is 24.8 Å². The normalized spacial score (nSPS) is 18.5. The van der Waals surface area contributed by atoms with Crippen LogP contribution in [0.15, 0.2) is 24.3 Å². The highest BCUT2D eigenvalue weighted by molar-refractivity contribution is 5.17. The Morgan fingerprint density at radius 1 is 1.38 bits per heavy atom. The predicted octanol–water partition coefficient (Wildman–Crippen LogP) is 2.14. The smallest absolute Gasteiger partial charge is 0.127 e. The topological polar surface area (TPSA) is 29.3 Å². The van der Waals surface area contributed by atoms with Crippen molar-refractivity contribution in [2.24, 2.45) is 5.73 Å². The van der Waals surface area contributed by atoms with Crippen molar-refractivity contribution in [2.75, 3.05) is 13.6 Å². The Hall–Kier alpha value is -0.930. The molecule has 0 amide bonds. The minimum Gasteiger partial charge on any atom is -0.324 e. The molecule has 1 aromatic rings. The van der Waals surface area contributed by atoms with Gasteiger partial charge in [-0.15, -0.1) is 0 Å². The summed E-state index contributed by atoms with van der Waals surface area (Å²) in [5.74, 6) is -0.131. The molecule has 2 N–H and O–H groups in total. The van der Waals surface area contributed by atoms with Crippen LogP contribution in [-0.2, 0) is 6.54 Å². The zero-order valence-corrected chi connectivity index (χ0v) is 9.75. The van der Waals surface area contributed by atoms with Gasteiger partial charge in [0.25, 0.3) is 0 Å². The second-order valence-electron chi connectivity index (χ2n) is 4.98. The first-order chi connectivity index (χ1) is 7.59. The molecule has 0 radical (unpaired) electrons. The third kappa shape index (κ3) is 2.60. The molecule has 2 rings (SSSR count). The first kappa shape index (κ1) is 11.6. The number of benzene rings is 1. The number of rotatable bonds is 4. The lowest BCUT2D eigenvalue weighted by Crippen LogP contribution is -2.54. The van der Waals surface area contributed by atoms with E-state index in [2.05, 4.69) is 4.90 Å². The lowest BCUT2D eigenvalue weighted by atomic mass is 9.77. The Balaban J connectivity index is 1.92. The van der Waals surface area contributed by atoms with E-state index in [1.54, 1.807) is 6.07 Å². The highest BCUT2D eigenvalue weighted by Gasteiger charge is 2.33. The molecule has 0 spiro atoms. The van der Waals surface area contributed by atoms with Crippen LogP contribution in [0.4, 0.5) is 4.39 Å². The maximum Gasteiger partial charge on any atom is 0.127 e. The highest BCUT2D eigenvalue weighted by Crippen LogP contribution is 2.29. The summed E-state index contributed by atoms with van der Waals surface area (Å²) in [5, 5.41) is 0. The van der Waals surface area contributed by atoms with Gasteiger partial charge in [-0.2, -0.15) is 0 Å². The molecule has 1 aromatic carbocycles. The monoisotopic (exact) mass is 222 g/mol. The van der Waals surface area contributed by atoms with Gasteiger partial charge in [0.05, 0.1) is 0 Å².